The first kappa shape index (κ1) is 18.0. The number of amides is 1. The second-order valence-electron chi connectivity index (χ2n) is 5.24. The van der Waals surface area contributed by atoms with Gasteiger partial charge in [0.15, 0.2) is 0 Å². The van der Waals surface area contributed by atoms with Gasteiger partial charge in [0.05, 0.1) is 18.7 Å². The van der Waals surface area contributed by atoms with E-state index in [4.69, 9.17) is 4.74 Å². The van der Waals surface area contributed by atoms with Gasteiger partial charge in [0, 0.05) is 5.69 Å². The summed E-state index contributed by atoms with van der Waals surface area (Å²) >= 11 is 0. The summed E-state index contributed by atoms with van der Waals surface area (Å²) in [4.78, 5) is 22.0. The summed E-state index contributed by atoms with van der Waals surface area (Å²) in [7, 11) is 0. The Bertz CT molecular complexity index is 740. The summed E-state index contributed by atoms with van der Waals surface area (Å²) in [5, 5.41) is 17.2. The quantitative estimate of drug-likeness (QED) is 0.543. The SMILES string of the molecule is Cc1ccc(NCC(=O)N/N=C\c2ccc(OCC(=O)[O-])cc2)cc1. The van der Waals surface area contributed by atoms with Crippen LogP contribution in [0.4, 0.5) is 5.69 Å². The zero-order valence-corrected chi connectivity index (χ0v) is 13.7. The van der Waals surface area contributed by atoms with E-state index < -0.39 is 12.6 Å². The van der Waals surface area contributed by atoms with Crippen molar-refractivity contribution in [1.82, 2.24) is 5.43 Å². The topological polar surface area (TPSA) is 103 Å². The molecule has 7 heteroatoms. The molecule has 0 aromatic heterocycles. The van der Waals surface area contributed by atoms with Gasteiger partial charge in [0.1, 0.15) is 12.4 Å². The van der Waals surface area contributed by atoms with Crippen LogP contribution in [0.1, 0.15) is 11.1 Å². The van der Waals surface area contributed by atoms with Crippen LogP contribution in [0.3, 0.4) is 0 Å². The Labute approximate surface area is 145 Å². The van der Waals surface area contributed by atoms with Crippen molar-refractivity contribution in [3.05, 3.63) is 59.7 Å². The summed E-state index contributed by atoms with van der Waals surface area (Å²) in [6, 6.07) is 14.3. The highest BCUT2D eigenvalue weighted by atomic mass is 16.5. The van der Waals surface area contributed by atoms with Crippen LogP contribution in [-0.2, 0) is 9.59 Å². The van der Waals surface area contributed by atoms with E-state index >= 15 is 0 Å². The number of carboxylic acid groups (broad SMARTS) is 1. The molecule has 130 valence electrons. The van der Waals surface area contributed by atoms with E-state index in [-0.39, 0.29) is 12.5 Å². The normalized spacial score (nSPS) is 10.4. The van der Waals surface area contributed by atoms with Gasteiger partial charge < -0.3 is 20.0 Å². The van der Waals surface area contributed by atoms with Crippen LogP contribution in [0.2, 0.25) is 0 Å². The van der Waals surface area contributed by atoms with Gasteiger partial charge >= 0.3 is 0 Å². The fourth-order valence-corrected chi connectivity index (χ4v) is 1.86. The summed E-state index contributed by atoms with van der Waals surface area (Å²) < 4.78 is 4.96. The van der Waals surface area contributed by atoms with Gasteiger partial charge in [-0.1, -0.05) is 17.7 Å². The van der Waals surface area contributed by atoms with Gasteiger partial charge in [0.25, 0.3) is 5.91 Å². The number of aryl methyl sites for hydroxylation is 1. The van der Waals surface area contributed by atoms with Crippen LogP contribution in [0.15, 0.2) is 53.6 Å². The molecule has 0 fully saturated rings. The van der Waals surface area contributed by atoms with Crippen molar-refractivity contribution in [3.8, 4) is 5.75 Å². The molecule has 1 amide bonds. The lowest BCUT2D eigenvalue weighted by Gasteiger charge is -2.06. The van der Waals surface area contributed by atoms with Crippen LogP contribution in [0.5, 0.6) is 5.75 Å². The van der Waals surface area contributed by atoms with Crippen LogP contribution in [-0.4, -0.2) is 31.2 Å². The van der Waals surface area contributed by atoms with E-state index in [1.165, 1.54) is 6.21 Å². The number of carbonyl (C=O) groups excluding carboxylic acids is 2. The molecule has 2 aromatic rings. The number of hydrazone groups is 1. The van der Waals surface area contributed by atoms with Crippen molar-refractivity contribution >= 4 is 23.8 Å². The Morgan fingerprint density at radius 3 is 2.44 bits per heavy atom. The van der Waals surface area contributed by atoms with Crippen LogP contribution in [0.25, 0.3) is 0 Å². The number of hydrogen-bond donors (Lipinski definition) is 2. The van der Waals surface area contributed by atoms with Crippen LogP contribution < -0.4 is 20.6 Å². The molecule has 0 bridgehead atoms. The number of nitrogens with zero attached hydrogens (tertiary/aromatic N) is 1. The minimum atomic E-state index is -1.28. The molecule has 0 aliphatic heterocycles. The van der Waals surface area contributed by atoms with Crippen LogP contribution >= 0.6 is 0 Å². The molecule has 0 spiro atoms. The third kappa shape index (κ3) is 6.74. The third-order valence-electron chi connectivity index (χ3n) is 3.14. The summed E-state index contributed by atoms with van der Waals surface area (Å²) in [6.45, 7) is 1.60. The number of nitrogens with one attached hydrogen (secondary N) is 2. The van der Waals surface area contributed by atoms with Gasteiger partial charge in [-0.3, -0.25) is 4.79 Å². The number of carboxylic acids is 1. The minimum absolute atomic E-state index is 0.108. The number of aliphatic carboxylic acids is 1. The van der Waals surface area contributed by atoms with Crippen molar-refractivity contribution in [2.75, 3.05) is 18.5 Å². The number of carbonyl (C=O) groups is 2. The molecule has 0 atom stereocenters. The molecular formula is C18H18N3O4-. The van der Waals surface area contributed by atoms with Crippen molar-refractivity contribution in [1.29, 1.82) is 0 Å². The van der Waals surface area contributed by atoms with Gasteiger partial charge in [-0.25, -0.2) is 5.43 Å². The molecule has 2 rings (SSSR count). The highest BCUT2D eigenvalue weighted by Gasteiger charge is 1.99. The van der Waals surface area contributed by atoms with Gasteiger partial charge in [-0.05, 0) is 48.9 Å². The average molecular weight is 340 g/mol. The van der Waals surface area contributed by atoms with E-state index in [2.05, 4.69) is 15.8 Å². The third-order valence-corrected chi connectivity index (χ3v) is 3.14. The molecule has 0 saturated carbocycles. The highest BCUT2D eigenvalue weighted by molar-refractivity contribution is 5.84. The van der Waals surface area contributed by atoms with E-state index in [9.17, 15) is 14.7 Å². The van der Waals surface area contributed by atoms with Crippen molar-refractivity contribution in [2.45, 2.75) is 6.92 Å². The number of benzene rings is 2. The lowest BCUT2D eigenvalue weighted by atomic mass is 10.2. The Hall–Kier alpha value is -3.35. The largest absolute Gasteiger partial charge is 0.546 e. The maximum atomic E-state index is 11.7. The predicted octanol–water partition coefficient (Wildman–Crippen LogP) is 0.686. The number of rotatable bonds is 8. The monoisotopic (exact) mass is 340 g/mol. The Morgan fingerprint density at radius 2 is 1.80 bits per heavy atom. The van der Waals surface area contributed by atoms with Gasteiger partial charge in [0.2, 0.25) is 0 Å². The molecule has 0 aliphatic rings. The maximum Gasteiger partial charge on any atom is 0.259 e. The highest BCUT2D eigenvalue weighted by Crippen LogP contribution is 2.10. The lowest BCUT2D eigenvalue weighted by Crippen LogP contribution is -2.28. The lowest BCUT2D eigenvalue weighted by molar-refractivity contribution is -0.307. The zero-order valence-electron chi connectivity index (χ0n) is 13.7. The minimum Gasteiger partial charge on any atom is -0.546 e. The molecular weight excluding hydrogens is 322 g/mol. The Kier molecular flexibility index (Phi) is 6.53. The maximum absolute atomic E-state index is 11.7. The second kappa shape index (κ2) is 9.07. The van der Waals surface area contributed by atoms with Gasteiger partial charge in [-0.15, -0.1) is 0 Å². The van der Waals surface area contributed by atoms with Crippen molar-refractivity contribution in [2.24, 2.45) is 5.10 Å². The Balaban J connectivity index is 1.74. The smallest absolute Gasteiger partial charge is 0.259 e. The number of ether oxygens (including phenoxy) is 1. The molecule has 2 N–H and O–H groups in total. The predicted molar refractivity (Wildman–Crippen MR) is 92.3 cm³/mol. The summed E-state index contributed by atoms with van der Waals surface area (Å²) in [5.74, 6) is -1.15. The fourth-order valence-electron chi connectivity index (χ4n) is 1.86. The molecule has 7 nitrogen and oxygen atoms in total. The first-order valence-corrected chi connectivity index (χ1v) is 7.58. The molecule has 0 aliphatic carbocycles. The first-order chi connectivity index (χ1) is 12.0. The van der Waals surface area contributed by atoms with E-state index in [1.54, 1.807) is 24.3 Å². The summed E-state index contributed by atoms with van der Waals surface area (Å²) in [6.07, 6.45) is 1.48. The average Bonchev–Trinajstić information content (AvgIpc) is 2.60. The first-order valence-electron chi connectivity index (χ1n) is 7.58. The number of anilines is 1. The number of hydrogen-bond acceptors (Lipinski definition) is 6. The van der Waals surface area contributed by atoms with Crippen LogP contribution in [0, 0.1) is 6.92 Å². The second-order valence-corrected chi connectivity index (χ2v) is 5.24. The van der Waals surface area contributed by atoms with Crippen molar-refractivity contribution < 1.29 is 19.4 Å². The molecule has 2 aromatic carbocycles. The van der Waals surface area contributed by atoms with Crippen molar-refractivity contribution in [3.63, 3.8) is 0 Å². The van der Waals surface area contributed by atoms with E-state index in [0.717, 1.165) is 16.8 Å². The van der Waals surface area contributed by atoms with Gasteiger partial charge in [-0.2, -0.15) is 5.10 Å². The Morgan fingerprint density at radius 1 is 1.12 bits per heavy atom. The summed E-state index contributed by atoms with van der Waals surface area (Å²) in [5.41, 5.74) is 5.15. The molecule has 0 heterocycles. The fraction of sp³-hybridized carbons (Fsp3) is 0.167. The molecule has 0 radical (unpaired) electrons. The van der Waals surface area contributed by atoms with E-state index in [0.29, 0.717) is 5.75 Å². The standard InChI is InChI=1S/C18H19N3O4/c1-13-2-6-15(7-3-13)19-11-17(22)21-20-10-14-4-8-16(9-5-14)25-12-18(23)24/h2-10,19H,11-12H2,1H3,(H,21,22)(H,23,24)/p-1/b20-10-. The van der Waals surface area contributed by atoms with E-state index in [1.807, 2.05) is 31.2 Å². The molecule has 0 saturated heterocycles. The molecule has 0 unspecified atom stereocenters. The zero-order chi connectivity index (χ0) is 18.1. The molecule has 25 heavy (non-hydrogen) atoms.